The molecule has 146 valence electrons. The van der Waals surface area contributed by atoms with Crippen LogP contribution in [0.2, 0.25) is 0 Å². The molecule has 4 nitrogen and oxygen atoms in total. The molecule has 28 heavy (non-hydrogen) atoms. The molecule has 1 N–H and O–H groups in total. The zero-order chi connectivity index (χ0) is 19.3. The van der Waals surface area contributed by atoms with Crippen LogP contribution in [0.15, 0.2) is 65.6 Å². The Bertz CT molecular complexity index is 800. The molecule has 4 rings (SSSR count). The highest BCUT2D eigenvalue weighted by molar-refractivity contribution is 8.00. The number of thioether (sulfide) groups is 1. The zero-order valence-electron chi connectivity index (χ0n) is 15.9. The van der Waals surface area contributed by atoms with Gasteiger partial charge in [-0.2, -0.15) is 0 Å². The van der Waals surface area contributed by atoms with Crippen LogP contribution in [0, 0.1) is 5.92 Å². The first-order valence-electron chi connectivity index (χ1n) is 10.1. The van der Waals surface area contributed by atoms with Crippen LogP contribution in [-0.2, 0) is 9.59 Å². The highest BCUT2D eigenvalue weighted by Crippen LogP contribution is 2.37. The van der Waals surface area contributed by atoms with E-state index in [0.29, 0.717) is 19.1 Å². The van der Waals surface area contributed by atoms with Gasteiger partial charge in [0.25, 0.3) is 0 Å². The fraction of sp³-hybridized carbons (Fsp3) is 0.391. The van der Waals surface area contributed by atoms with E-state index in [4.69, 9.17) is 0 Å². The van der Waals surface area contributed by atoms with Gasteiger partial charge in [-0.3, -0.25) is 9.59 Å². The Morgan fingerprint density at radius 1 is 0.893 bits per heavy atom. The van der Waals surface area contributed by atoms with E-state index in [1.54, 1.807) is 11.8 Å². The molecular weight excluding hydrogens is 368 g/mol. The van der Waals surface area contributed by atoms with Crippen molar-refractivity contribution < 1.29 is 9.59 Å². The molecule has 0 spiro atoms. The fourth-order valence-corrected chi connectivity index (χ4v) is 4.73. The maximum atomic E-state index is 13.4. The smallest absolute Gasteiger partial charge is 0.240 e. The summed E-state index contributed by atoms with van der Waals surface area (Å²) in [5, 5.41) is 2.84. The first-order chi connectivity index (χ1) is 13.7. The summed E-state index contributed by atoms with van der Waals surface area (Å²) in [7, 11) is 0. The van der Waals surface area contributed by atoms with Gasteiger partial charge in [0.1, 0.15) is 5.25 Å². The van der Waals surface area contributed by atoms with Crippen LogP contribution in [0.3, 0.4) is 0 Å². The molecule has 1 aliphatic heterocycles. The number of amides is 2. The van der Waals surface area contributed by atoms with Crippen LogP contribution >= 0.6 is 11.8 Å². The number of carbonyl (C=O) groups is 2. The lowest BCUT2D eigenvalue weighted by Crippen LogP contribution is -2.44. The lowest BCUT2D eigenvalue weighted by Gasteiger charge is -2.33. The summed E-state index contributed by atoms with van der Waals surface area (Å²) in [6.07, 6.45) is 3.72. The van der Waals surface area contributed by atoms with Gasteiger partial charge < -0.3 is 10.2 Å². The SMILES string of the molecule is O=C(NC1CC1)C1CCN(C(=O)C(Sc2ccccc2)c2ccccc2)CC1. The Labute approximate surface area is 170 Å². The Morgan fingerprint density at radius 3 is 2.11 bits per heavy atom. The summed E-state index contributed by atoms with van der Waals surface area (Å²) in [6, 6.07) is 20.5. The van der Waals surface area contributed by atoms with Gasteiger partial charge in [-0.25, -0.2) is 0 Å². The van der Waals surface area contributed by atoms with Gasteiger partial charge >= 0.3 is 0 Å². The number of hydrogen-bond acceptors (Lipinski definition) is 3. The first-order valence-corrected chi connectivity index (χ1v) is 10.9. The monoisotopic (exact) mass is 394 g/mol. The molecule has 2 amide bonds. The van der Waals surface area contributed by atoms with Crippen LogP contribution in [0.4, 0.5) is 0 Å². The van der Waals surface area contributed by atoms with Gasteiger partial charge in [0.05, 0.1) is 0 Å². The van der Waals surface area contributed by atoms with Crippen molar-refractivity contribution in [2.75, 3.05) is 13.1 Å². The highest BCUT2D eigenvalue weighted by Gasteiger charge is 2.33. The van der Waals surface area contributed by atoms with E-state index in [-0.39, 0.29) is 23.0 Å². The van der Waals surface area contributed by atoms with Crippen molar-refractivity contribution in [1.82, 2.24) is 10.2 Å². The topological polar surface area (TPSA) is 49.4 Å². The molecule has 1 aliphatic carbocycles. The summed E-state index contributed by atoms with van der Waals surface area (Å²) < 4.78 is 0. The molecule has 2 aromatic carbocycles. The summed E-state index contributed by atoms with van der Waals surface area (Å²) in [6.45, 7) is 1.31. The molecule has 1 heterocycles. The minimum Gasteiger partial charge on any atom is -0.353 e. The normalized spacial score (nSPS) is 18.5. The molecule has 0 radical (unpaired) electrons. The van der Waals surface area contributed by atoms with Crippen molar-refractivity contribution >= 4 is 23.6 Å². The summed E-state index contributed by atoms with van der Waals surface area (Å²) in [5.74, 6) is 0.357. The van der Waals surface area contributed by atoms with Crippen LogP contribution in [0.1, 0.15) is 36.5 Å². The van der Waals surface area contributed by atoms with Crippen molar-refractivity contribution in [2.45, 2.75) is 41.9 Å². The lowest BCUT2D eigenvalue weighted by atomic mass is 9.95. The number of piperidine rings is 1. The van der Waals surface area contributed by atoms with Crippen molar-refractivity contribution in [3.63, 3.8) is 0 Å². The third kappa shape index (κ3) is 4.76. The molecule has 5 heteroatoms. The fourth-order valence-electron chi connectivity index (χ4n) is 3.60. The molecule has 2 aliphatic rings. The predicted molar refractivity (Wildman–Crippen MR) is 112 cm³/mol. The van der Waals surface area contributed by atoms with Gasteiger partial charge in [-0.1, -0.05) is 48.5 Å². The average Bonchev–Trinajstić information content (AvgIpc) is 3.57. The Kier molecular flexibility index (Phi) is 6.01. The van der Waals surface area contributed by atoms with Crippen molar-refractivity contribution in [2.24, 2.45) is 5.92 Å². The van der Waals surface area contributed by atoms with Crippen molar-refractivity contribution in [3.05, 3.63) is 66.2 Å². The quantitative estimate of drug-likeness (QED) is 0.753. The summed E-state index contributed by atoms with van der Waals surface area (Å²) in [4.78, 5) is 28.7. The van der Waals surface area contributed by atoms with Crippen LogP contribution in [0.5, 0.6) is 0 Å². The van der Waals surface area contributed by atoms with Crippen molar-refractivity contribution in [1.29, 1.82) is 0 Å². The van der Waals surface area contributed by atoms with Gasteiger partial charge in [-0.15, -0.1) is 11.8 Å². The summed E-state index contributed by atoms with van der Waals surface area (Å²) >= 11 is 1.60. The number of hydrogen-bond donors (Lipinski definition) is 1. The molecule has 1 atom stereocenters. The van der Waals surface area contributed by atoms with Crippen molar-refractivity contribution in [3.8, 4) is 0 Å². The molecule has 2 fully saturated rings. The number of benzene rings is 2. The highest BCUT2D eigenvalue weighted by atomic mass is 32.2. The summed E-state index contributed by atoms with van der Waals surface area (Å²) in [5.41, 5.74) is 1.02. The lowest BCUT2D eigenvalue weighted by molar-refractivity contribution is -0.135. The minimum absolute atomic E-state index is 0.0431. The van der Waals surface area contributed by atoms with Gasteiger partial charge in [-0.05, 0) is 43.4 Å². The first kappa shape index (κ1) is 19.1. The maximum absolute atomic E-state index is 13.4. The maximum Gasteiger partial charge on any atom is 0.240 e. The van der Waals surface area contributed by atoms with E-state index in [9.17, 15) is 9.59 Å². The second-order valence-electron chi connectivity index (χ2n) is 7.60. The predicted octanol–water partition coefficient (Wildman–Crippen LogP) is 4.04. The van der Waals surface area contributed by atoms with E-state index in [1.807, 2.05) is 65.6 Å². The largest absolute Gasteiger partial charge is 0.353 e. The molecule has 2 aromatic rings. The third-order valence-corrected chi connectivity index (χ3v) is 6.68. The van der Waals surface area contributed by atoms with E-state index < -0.39 is 0 Å². The van der Waals surface area contributed by atoms with E-state index >= 15 is 0 Å². The van der Waals surface area contributed by atoms with E-state index in [0.717, 1.165) is 36.1 Å². The minimum atomic E-state index is -0.263. The van der Waals surface area contributed by atoms with E-state index in [1.165, 1.54) is 0 Å². The van der Waals surface area contributed by atoms with Gasteiger partial charge in [0.2, 0.25) is 11.8 Å². The number of likely N-dealkylation sites (tertiary alicyclic amines) is 1. The molecule has 1 saturated carbocycles. The average molecular weight is 395 g/mol. The Morgan fingerprint density at radius 2 is 1.50 bits per heavy atom. The second kappa shape index (κ2) is 8.82. The molecule has 0 aromatic heterocycles. The van der Waals surface area contributed by atoms with Crippen LogP contribution in [-0.4, -0.2) is 35.8 Å². The van der Waals surface area contributed by atoms with Gasteiger partial charge in [0, 0.05) is 29.9 Å². The third-order valence-electron chi connectivity index (χ3n) is 5.42. The molecule has 1 unspecified atom stereocenters. The zero-order valence-corrected chi connectivity index (χ0v) is 16.7. The van der Waals surface area contributed by atoms with Crippen LogP contribution in [0.25, 0.3) is 0 Å². The number of nitrogens with zero attached hydrogens (tertiary/aromatic N) is 1. The molecule has 1 saturated heterocycles. The molecule has 0 bridgehead atoms. The second-order valence-corrected chi connectivity index (χ2v) is 8.78. The molecular formula is C23H26N2O2S. The van der Waals surface area contributed by atoms with Gasteiger partial charge in [0.15, 0.2) is 0 Å². The number of carbonyl (C=O) groups excluding carboxylic acids is 2. The standard InChI is InChI=1S/C23H26N2O2S/c26-22(24-19-11-12-19)18-13-15-25(16-14-18)23(27)21(17-7-3-1-4-8-17)28-20-9-5-2-6-10-20/h1-10,18-19,21H,11-16H2,(H,24,26). The Balaban J connectivity index is 1.43. The number of nitrogens with one attached hydrogen (secondary N) is 1. The van der Waals surface area contributed by atoms with Crippen LogP contribution < -0.4 is 5.32 Å². The Hall–Kier alpha value is -2.27. The number of rotatable bonds is 6. The van der Waals surface area contributed by atoms with E-state index in [2.05, 4.69) is 5.32 Å².